The first-order valence-corrected chi connectivity index (χ1v) is 7.27. The summed E-state index contributed by atoms with van der Waals surface area (Å²) >= 11 is 1.26. The van der Waals surface area contributed by atoms with Crippen molar-refractivity contribution < 1.29 is 19.0 Å². The van der Waals surface area contributed by atoms with Gasteiger partial charge in [-0.05, 0) is 22.6 Å². The van der Waals surface area contributed by atoms with Crippen molar-refractivity contribution in [2.24, 2.45) is 7.05 Å². The lowest BCUT2D eigenvalue weighted by atomic mass is 10.1. The van der Waals surface area contributed by atoms with Gasteiger partial charge in [-0.25, -0.2) is 4.68 Å². The topological polar surface area (TPSA) is 88.4 Å². The van der Waals surface area contributed by atoms with E-state index in [1.54, 1.807) is 19.2 Å². The van der Waals surface area contributed by atoms with Crippen LogP contribution in [0, 0.1) is 0 Å². The molecule has 0 amide bonds. The molecule has 0 aliphatic heterocycles. The molecule has 0 fully saturated rings. The first kappa shape index (κ1) is 16.1. The second-order valence-electron chi connectivity index (χ2n) is 4.21. The van der Waals surface area contributed by atoms with Gasteiger partial charge in [0.1, 0.15) is 0 Å². The molecule has 0 saturated carbocycles. The van der Waals surface area contributed by atoms with Crippen LogP contribution >= 0.6 is 11.8 Å². The van der Waals surface area contributed by atoms with E-state index in [1.807, 2.05) is 0 Å². The summed E-state index contributed by atoms with van der Waals surface area (Å²) in [5.74, 6) is 1.44. The number of aromatic nitrogens is 4. The molecule has 9 heteroatoms. The van der Waals surface area contributed by atoms with Gasteiger partial charge in [-0.1, -0.05) is 11.8 Å². The number of thioether (sulfide) groups is 1. The van der Waals surface area contributed by atoms with Crippen molar-refractivity contribution in [3.05, 3.63) is 17.7 Å². The maximum atomic E-state index is 12.3. The number of rotatable bonds is 7. The fraction of sp³-hybridized carbons (Fsp3) is 0.385. The van der Waals surface area contributed by atoms with Gasteiger partial charge in [-0.15, -0.1) is 5.10 Å². The predicted octanol–water partition coefficient (Wildman–Crippen LogP) is 1.21. The summed E-state index contributed by atoms with van der Waals surface area (Å²) in [4.78, 5) is 12.3. The Labute approximate surface area is 131 Å². The molecule has 0 saturated heterocycles. The highest BCUT2D eigenvalue weighted by molar-refractivity contribution is 7.99. The lowest BCUT2D eigenvalue weighted by molar-refractivity contribution is 0.102. The monoisotopic (exact) mass is 324 g/mol. The fourth-order valence-corrected chi connectivity index (χ4v) is 2.54. The van der Waals surface area contributed by atoms with E-state index in [4.69, 9.17) is 14.2 Å². The minimum atomic E-state index is -0.0905. The number of aryl methyl sites for hydroxylation is 1. The highest BCUT2D eigenvalue weighted by Crippen LogP contribution is 2.38. The molecule has 1 aromatic heterocycles. The standard InChI is InChI=1S/C13H16N4O4S/c1-17-13(14-15-16-17)22-7-9(18)8-5-10(19-2)12(21-4)11(6-8)20-3/h5-6H,7H2,1-4H3. The molecule has 0 radical (unpaired) electrons. The van der Waals surface area contributed by atoms with E-state index in [1.165, 1.54) is 37.8 Å². The highest BCUT2D eigenvalue weighted by atomic mass is 32.2. The number of ether oxygens (including phenoxy) is 3. The number of methoxy groups -OCH3 is 3. The predicted molar refractivity (Wildman–Crippen MR) is 80.0 cm³/mol. The van der Waals surface area contributed by atoms with Gasteiger partial charge in [0.25, 0.3) is 0 Å². The number of carbonyl (C=O) groups is 1. The Hall–Kier alpha value is -2.29. The molecular weight excluding hydrogens is 308 g/mol. The minimum Gasteiger partial charge on any atom is -0.493 e. The third-order valence-corrected chi connectivity index (χ3v) is 3.91. The summed E-state index contributed by atoms with van der Waals surface area (Å²) in [6.07, 6.45) is 0. The average Bonchev–Trinajstić information content (AvgIpc) is 2.96. The molecule has 0 atom stereocenters. The summed E-state index contributed by atoms with van der Waals surface area (Å²) < 4.78 is 17.2. The van der Waals surface area contributed by atoms with E-state index in [0.29, 0.717) is 28.0 Å². The number of ketones is 1. The van der Waals surface area contributed by atoms with Crippen molar-refractivity contribution in [3.63, 3.8) is 0 Å². The van der Waals surface area contributed by atoms with Gasteiger partial charge in [0.05, 0.1) is 27.1 Å². The van der Waals surface area contributed by atoms with Crippen molar-refractivity contribution >= 4 is 17.5 Å². The normalized spacial score (nSPS) is 10.4. The number of tetrazole rings is 1. The largest absolute Gasteiger partial charge is 0.493 e. The maximum Gasteiger partial charge on any atom is 0.209 e. The second kappa shape index (κ2) is 7.12. The van der Waals surface area contributed by atoms with Crippen LogP contribution in [0.1, 0.15) is 10.4 Å². The Morgan fingerprint density at radius 3 is 2.27 bits per heavy atom. The van der Waals surface area contributed by atoms with Gasteiger partial charge in [0.15, 0.2) is 17.3 Å². The molecule has 118 valence electrons. The first-order chi connectivity index (χ1) is 10.6. The van der Waals surface area contributed by atoms with Crippen molar-refractivity contribution in [2.45, 2.75) is 5.16 Å². The van der Waals surface area contributed by atoms with Crippen LogP contribution in [-0.4, -0.2) is 53.1 Å². The third-order valence-electron chi connectivity index (χ3n) is 2.90. The maximum absolute atomic E-state index is 12.3. The summed E-state index contributed by atoms with van der Waals surface area (Å²) in [6, 6.07) is 3.25. The summed E-state index contributed by atoms with van der Waals surface area (Å²) in [7, 11) is 6.24. The molecule has 1 aromatic carbocycles. The van der Waals surface area contributed by atoms with E-state index in [9.17, 15) is 4.79 Å². The van der Waals surface area contributed by atoms with Crippen molar-refractivity contribution in [1.82, 2.24) is 20.2 Å². The van der Waals surface area contributed by atoms with Crippen LogP contribution < -0.4 is 14.2 Å². The molecule has 2 aromatic rings. The van der Waals surface area contributed by atoms with Crippen LogP contribution in [0.3, 0.4) is 0 Å². The lowest BCUT2D eigenvalue weighted by Gasteiger charge is -2.13. The number of Topliss-reactive ketones (excluding diaryl/α,β-unsaturated/α-hetero) is 1. The molecule has 22 heavy (non-hydrogen) atoms. The van der Waals surface area contributed by atoms with Gasteiger partial charge < -0.3 is 14.2 Å². The molecule has 8 nitrogen and oxygen atoms in total. The quantitative estimate of drug-likeness (QED) is 0.555. The summed E-state index contributed by atoms with van der Waals surface area (Å²) in [5.41, 5.74) is 0.470. The van der Waals surface area contributed by atoms with Crippen LogP contribution in [0.25, 0.3) is 0 Å². The number of hydrogen-bond donors (Lipinski definition) is 0. The van der Waals surface area contributed by atoms with E-state index in [0.717, 1.165) is 0 Å². The first-order valence-electron chi connectivity index (χ1n) is 6.29. The van der Waals surface area contributed by atoms with Gasteiger partial charge in [-0.2, -0.15) is 0 Å². The molecule has 0 spiro atoms. The average molecular weight is 324 g/mol. The molecular formula is C13H16N4O4S. The van der Waals surface area contributed by atoms with Gasteiger partial charge >= 0.3 is 0 Å². The summed E-state index contributed by atoms with van der Waals surface area (Å²) in [6.45, 7) is 0. The van der Waals surface area contributed by atoms with E-state index in [-0.39, 0.29) is 11.5 Å². The SMILES string of the molecule is COc1cc(C(=O)CSc2nnnn2C)cc(OC)c1OC. The highest BCUT2D eigenvalue weighted by Gasteiger charge is 2.17. The number of nitrogens with zero attached hydrogens (tertiary/aromatic N) is 4. The van der Waals surface area contributed by atoms with Gasteiger partial charge in [-0.3, -0.25) is 4.79 Å². The molecule has 1 heterocycles. The van der Waals surface area contributed by atoms with Crippen LogP contribution in [0.15, 0.2) is 17.3 Å². The zero-order valence-corrected chi connectivity index (χ0v) is 13.5. The van der Waals surface area contributed by atoms with Crippen molar-refractivity contribution in [2.75, 3.05) is 27.1 Å². The van der Waals surface area contributed by atoms with Crippen LogP contribution in [0.5, 0.6) is 17.2 Å². The van der Waals surface area contributed by atoms with Crippen LogP contribution in [0.4, 0.5) is 0 Å². The smallest absolute Gasteiger partial charge is 0.209 e. The Kier molecular flexibility index (Phi) is 5.21. The number of benzene rings is 1. The Balaban J connectivity index is 2.20. The summed E-state index contributed by atoms with van der Waals surface area (Å²) in [5, 5.41) is 11.6. The fourth-order valence-electron chi connectivity index (χ4n) is 1.80. The Morgan fingerprint density at radius 2 is 1.82 bits per heavy atom. The van der Waals surface area contributed by atoms with Gasteiger partial charge in [0, 0.05) is 12.6 Å². The Bertz CT molecular complexity index is 649. The number of hydrogen-bond acceptors (Lipinski definition) is 8. The van der Waals surface area contributed by atoms with E-state index in [2.05, 4.69) is 15.5 Å². The van der Waals surface area contributed by atoms with Crippen molar-refractivity contribution in [1.29, 1.82) is 0 Å². The minimum absolute atomic E-state index is 0.0905. The lowest BCUT2D eigenvalue weighted by Crippen LogP contribution is -2.06. The zero-order valence-electron chi connectivity index (χ0n) is 12.7. The number of carbonyl (C=O) groups excluding carboxylic acids is 1. The molecule has 0 bridgehead atoms. The third kappa shape index (κ3) is 3.30. The molecule has 0 unspecified atom stereocenters. The zero-order chi connectivity index (χ0) is 16.1. The Morgan fingerprint density at radius 1 is 1.18 bits per heavy atom. The van der Waals surface area contributed by atoms with E-state index >= 15 is 0 Å². The molecule has 0 N–H and O–H groups in total. The second-order valence-corrected chi connectivity index (χ2v) is 5.15. The van der Waals surface area contributed by atoms with Crippen molar-refractivity contribution in [3.8, 4) is 17.2 Å². The van der Waals surface area contributed by atoms with Crippen LogP contribution in [0.2, 0.25) is 0 Å². The van der Waals surface area contributed by atoms with E-state index < -0.39 is 0 Å². The van der Waals surface area contributed by atoms with Gasteiger partial charge in [0.2, 0.25) is 10.9 Å². The molecule has 0 aliphatic carbocycles. The van der Waals surface area contributed by atoms with Crippen LogP contribution in [-0.2, 0) is 7.05 Å². The molecule has 0 aliphatic rings. The molecule has 2 rings (SSSR count).